The molecule has 1 aromatic rings. The molecule has 1 saturated carbocycles. The van der Waals surface area contributed by atoms with Gasteiger partial charge in [-0.3, -0.25) is 9.69 Å². The number of hydrogen-bond acceptors (Lipinski definition) is 6. The van der Waals surface area contributed by atoms with Crippen LogP contribution < -0.4 is 10.0 Å². The highest BCUT2D eigenvalue weighted by atomic mass is 32.2. The smallest absolute Gasteiger partial charge is 0.251 e. The Bertz CT molecular complexity index is 983. The predicted molar refractivity (Wildman–Crippen MR) is 109 cm³/mol. The van der Waals surface area contributed by atoms with Gasteiger partial charge in [0.2, 0.25) is 10.0 Å². The zero-order valence-electron chi connectivity index (χ0n) is 16.2. The fourth-order valence-electron chi connectivity index (χ4n) is 4.12. The van der Waals surface area contributed by atoms with Crippen LogP contribution in [0.15, 0.2) is 29.2 Å². The third-order valence-corrected chi connectivity index (χ3v) is 9.04. The summed E-state index contributed by atoms with van der Waals surface area (Å²) in [4.78, 5) is 15.0. The van der Waals surface area contributed by atoms with Gasteiger partial charge in [0, 0.05) is 17.6 Å². The van der Waals surface area contributed by atoms with Crippen LogP contribution in [0.5, 0.6) is 0 Å². The predicted octanol–water partition coefficient (Wildman–Crippen LogP) is 0.509. The first-order valence-corrected chi connectivity index (χ1v) is 13.4. The highest BCUT2D eigenvalue weighted by molar-refractivity contribution is 7.91. The molecule has 0 spiro atoms. The highest BCUT2D eigenvalue weighted by Gasteiger charge is 2.42. The third-order valence-electron chi connectivity index (χ3n) is 5.80. The van der Waals surface area contributed by atoms with Gasteiger partial charge in [-0.15, -0.1) is 0 Å². The van der Waals surface area contributed by atoms with Crippen molar-refractivity contribution in [1.82, 2.24) is 14.9 Å². The molecule has 8 nitrogen and oxygen atoms in total. The van der Waals surface area contributed by atoms with Gasteiger partial charge in [0.05, 0.1) is 22.4 Å². The molecule has 0 aromatic heterocycles. The minimum absolute atomic E-state index is 0.0218. The largest absolute Gasteiger partial charge is 0.347 e. The summed E-state index contributed by atoms with van der Waals surface area (Å²) in [5.41, 5.74) is 0.213. The third kappa shape index (κ3) is 4.99. The van der Waals surface area contributed by atoms with Crippen LogP contribution in [-0.4, -0.2) is 70.4 Å². The van der Waals surface area contributed by atoms with E-state index in [0.717, 1.165) is 45.2 Å². The summed E-state index contributed by atoms with van der Waals surface area (Å²) in [7, 11) is -6.88. The zero-order chi connectivity index (χ0) is 20.6. The van der Waals surface area contributed by atoms with E-state index in [-0.39, 0.29) is 34.0 Å². The second kappa shape index (κ2) is 7.98. The van der Waals surface area contributed by atoms with Gasteiger partial charge in [-0.25, -0.2) is 21.6 Å². The Kier molecular flexibility index (Phi) is 5.71. The summed E-state index contributed by atoms with van der Waals surface area (Å²) < 4.78 is 51.9. The molecule has 3 fully saturated rings. The van der Waals surface area contributed by atoms with E-state index in [4.69, 9.17) is 0 Å². The van der Waals surface area contributed by atoms with Gasteiger partial charge in [-0.05, 0) is 57.0 Å². The SMILES string of the molecule is O=C(NC1CS(=O)(=O)CC1N1CCCCC1)c1cccc(S(=O)(=O)NC2CC2)c1. The molecule has 0 radical (unpaired) electrons. The first kappa shape index (κ1) is 20.8. The number of hydrogen-bond donors (Lipinski definition) is 2. The molecule has 2 heterocycles. The minimum atomic E-state index is -3.66. The second-order valence-corrected chi connectivity index (χ2v) is 12.1. The Labute approximate surface area is 172 Å². The van der Waals surface area contributed by atoms with Crippen LogP contribution in [-0.2, 0) is 19.9 Å². The lowest BCUT2D eigenvalue weighted by Gasteiger charge is -2.35. The number of carbonyl (C=O) groups is 1. The summed E-state index contributed by atoms with van der Waals surface area (Å²) in [6, 6.07) is 5.14. The normalized spacial score (nSPS) is 27.6. The summed E-state index contributed by atoms with van der Waals surface area (Å²) in [5.74, 6) is -0.476. The number of benzene rings is 1. The van der Waals surface area contributed by atoms with Crippen molar-refractivity contribution in [3.05, 3.63) is 29.8 Å². The number of amides is 1. The zero-order valence-corrected chi connectivity index (χ0v) is 17.8. The Morgan fingerprint density at radius 3 is 2.48 bits per heavy atom. The Morgan fingerprint density at radius 2 is 1.79 bits per heavy atom. The molecule has 3 aliphatic rings. The Balaban J connectivity index is 1.49. The maximum absolute atomic E-state index is 12.8. The van der Waals surface area contributed by atoms with Gasteiger partial charge in [-0.1, -0.05) is 12.5 Å². The molecule has 4 rings (SSSR count). The van der Waals surface area contributed by atoms with E-state index in [1.165, 1.54) is 18.2 Å². The first-order chi connectivity index (χ1) is 13.7. The molecular formula is C19H27N3O5S2. The molecule has 1 amide bonds. The summed E-state index contributed by atoms with van der Waals surface area (Å²) >= 11 is 0. The van der Waals surface area contributed by atoms with Crippen molar-refractivity contribution < 1.29 is 21.6 Å². The van der Waals surface area contributed by atoms with Crippen molar-refractivity contribution in [2.24, 2.45) is 0 Å². The average Bonchev–Trinajstić information content (AvgIpc) is 3.43. The minimum Gasteiger partial charge on any atom is -0.347 e. The molecule has 160 valence electrons. The Morgan fingerprint density at radius 1 is 1.07 bits per heavy atom. The van der Waals surface area contributed by atoms with Crippen LogP contribution in [0.1, 0.15) is 42.5 Å². The molecule has 2 unspecified atom stereocenters. The van der Waals surface area contributed by atoms with Gasteiger partial charge >= 0.3 is 0 Å². The van der Waals surface area contributed by atoms with Gasteiger partial charge < -0.3 is 5.32 Å². The first-order valence-electron chi connectivity index (χ1n) is 10.1. The topological polar surface area (TPSA) is 113 Å². The van der Waals surface area contributed by atoms with E-state index < -0.39 is 31.8 Å². The molecule has 2 N–H and O–H groups in total. The van der Waals surface area contributed by atoms with Gasteiger partial charge in [-0.2, -0.15) is 0 Å². The number of nitrogens with zero attached hydrogens (tertiary/aromatic N) is 1. The summed E-state index contributed by atoms with van der Waals surface area (Å²) in [6.07, 6.45) is 4.86. The molecule has 2 aliphatic heterocycles. The van der Waals surface area contributed by atoms with Gasteiger partial charge in [0.1, 0.15) is 0 Å². The molecule has 29 heavy (non-hydrogen) atoms. The van der Waals surface area contributed by atoms with Crippen LogP contribution in [0, 0.1) is 0 Å². The van der Waals surface area contributed by atoms with Crippen molar-refractivity contribution in [3.8, 4) is 0 Å². The molecule has 1 aromatic carbocycles. The molecule has 0 bridgehead atoms. The molecular weight excluding hydrogens is 414 g/mol. The molecule has 10 heteroatoms. The monoisotopic (exact) mass is 441 g/mol. The number of sulfonamides is 1. The van der Waals surface area contributed by atoms with Crippen LogP contribution in [0.4, 0.5) is 0 Å². The number of sulfone groups is 1. The van der Waals surface area contributed by atoms with E-state index in [2.05, 4.69) is 14.9 Å². The number of likely N-dealkylation sites (tertiary alicyclic amines) is 1. The lowest BCUT2D eigenvalue weighted by molar-refractivity contribution is 0.0900. The van der Waals surface area contributed by atoms with Crippen LogP contribution in [0.3, 0.4) is 0 Å². The van der Waals surface area contributed by atoms with E-state index >= 15 is 0 Å². The van der Waals surface area contributed by atoms with Crippen LogP contribution in [0.2, 0.25) is 0 Å². The van der Waals surface area contributed by atoms with Crippen LogP contribution in [0.25, 0.3) is 0 Å². The van der Waals surface area contributed by atoms with Crippen molar-refractivity contribution in [3.63, 3.8) is 0 Å². The number of nitrogens with one attached hydrogen (secondary N) is 2. The van der Waals surface area contributed by atoms with Crippen molar-refractivity contribution in [2.45, 2.75) is 55.1 Å². The van der Waals surface area contributed by atoms with Gasteiger partial charge in [0.25, 0.3) is 5.91 Å². The lowest BCUT2D eigenvalue weighted by atomic mass is 10.0. The Hall–Kier alpha value is -1.49. The van der Waals surface area contributed by atoms with Crippen molar-refractivity contribution in [2.75, 3.05) is 24.6 Å². The highest BCUT2D eigenvalue weighted by Crippen LogP contribution is 2.24. The number of piperidine rings is 1. The number of carbonyl (C=O) groups excluding carboxylic acids is 1. The molecule has 1 aliphatic carbocycles. The van der Waals surface area contributed by atoms with E-state index in [9.17, 15) is 21.6 Å². The fraction of sp³-hybridized carbons (Fsp3) is 0.632. The molecule has 2 saturated heterocycles. The second-order valence-electron chi connectivity index (χ2n) is 8.24. The van der Waals surface area contributed by atoms with E-state index in [1.54, 1.807) is 6.07 Å². The lowest BCUT2D eigenvalue weighted by Crippen LogP contribution is -2.52. The maximum atomic E-state index is 12.8. The van der Waals surface area contributed by atoms with Crippen molar-refractivity contribution >= 4 is 25.8 Å². The quantitative estimate of drug-likeness (QED) is 0.665. The van der Waals surface area contributed by atoms with Crippen molar-refractivity contribution in [1.29, 1.82) is 0 Å². The van der Waals surface area contributed by atoms with Gasteiger partial charge in [0.15, 0.2) is 9.84 Å². The fourth-order valence-corrected chi connectivity index (χ4v) is 7.42. The van der Waals surface area contributed by atoms with Crippen LogP contribution >= 0.6 is 0 Å². The standard InChI is InChI=1S/C19H27N3O5S2/c23-19(14-5-4-6-16(11-14)29(26,27)21-15-7-8-15)20-17-12-28(24,25)13-18(17)22-9-2-1-3-10-22/h4-6,11,15,17-18,21H,1-3,7-10,12-13H2,(H,20,23). The number of rotatable bonds is 6. The average molecular weight is 442 g/mol. The summed E-state index contributed by atoms with van der Waals surface area (Å²) in [5, 5.41) is 2.85. The maximum Gasteiger partial charge on any atom is 0.251 e. The van der Waals surface area contributed by atoms with E-state index in [0.29, 0.717) is 0 Å². The van der Waals surface area contributed by atoms with E-state index in [1.807, 2.05) is 0 Å². The summed E-state index contributed by atoms with van der Waals surface area (Å²) in [6.45, 7) is 1.68. The molecule has 2 atom stereocenters.